The SMILES string of the molecule is COCOc1ccc(C(=O)OC)cc1I. The Kier molecular flexibility index (Phi) is 4.83. The molecule has 1 aromatic carbocycles. The first kappa shape index (κ1) is 12.3. The van der Waals surface area contributed by atoms with Crippen molar-refractivity contribution >= 4 is 28.6 Å². The summed E-state index contributed by atoms with van der Waals surface area (Å²) in [6, 6.07) is 5.07. The Morgan fingerprint density at radius 2 is 2.13 bits per heavy atom. The number of esters is 1. The minimum absolute atomic E-state index is 0.188. The van der Waals surface area contributed by atoms with Crippen molar-refractivity contribution < 1.29 is 19.0 Å². The van der Waals surface area contributed by atoms with Crippen LogP contribution in [0.5, 0.6) is 5.75 Å². The molecule has 5 heteroatoms. The van der Waals surface area contributed by atoms with Crippen molar-refractivity contribution in [3.63, 3.8) is 0 Å². The second-order valence-corrected chi connectivity index (χ2v) is 3.85. The Morgan fingerprint density at radius 1 is 1.40 bits per heavy atom. The van der Waals surface area contributed by atoms with E-state index in [4.69, 9.17) is 9.47 Å². The van der Waals surface area contributed by atoms with Crippen molar-refractivity contribution in [1.82, 2.24) is 0 Å². The number of benzene rings is 1. The lowest BCUT2D eigenvalue weighted by molar-refractivity contribution is 0.0504. The second-order valence-electron chi connectivity index (χ2n) is 2.69. The minimum Gasteiger partial charge on any atom is -0.466 e. The van der Waals surface area contributed by atoms with E-state index >= 15 is 0 Å². The number of carbonyl (C=O) groups excluding carboxylic acids is 1. The zero-order chi connectivity index (χ0) is 11.3. The van der Waals surface area contributed by atoms with Crippen molar-refractivity contribution in [3.05, 3.63) is 27.3 Å². The van der Waals surface area contributed by atoms with E-state index in [1.165, 1.54) is 7.11 Å². The van der Waals surface area contributed by atoms with Crippen molar-refractivity contribution in [2.24, 2.45) is 0 Å². The molecule has 0 fully saturated rings. The van der Waals surface area contributed by atoms with E-state index in [2.05, 4.69) is 27.3 Å². The van der Waals surface area contributed by atoms with Crippen molar-refractivity contribution in [2.45, 2.75) is 0 Å². The number of carbonyl (C=O) groups is 1. The highest BCUT2D eigenvalue weighted by Crippen LogP contribution is 2.22. The molecule has 0 radical (unpaired) electrons. The summed E-state index contributed by atoms with van der Waals surface area (Å²) in [6.07, 6.45) is 0. The molecular formula is C10H11IO4. The fraction of sp³-hybridized carbons (Fsp3) is 0.300. The van der Waals surface area contributed by atoms with Crippen LogP contribution >= 0.6 is 22.6 Å². The fourth-order valence-corrected chi connectivity index (χ4v) is 1.66. The molecule has 0 aromatic heterocycles. The Hall–Kier alpha value is -0.820. The van der Waals surface area contributed by atoms with Crippen LogP contribution in [0.2, 0.25) is 0 Å². The van der Waals surface area contributed by atoms with Gasteiger partial charge in [-0.15, -0.1) is 0 Å². The molecule has 0 saturated carbocycles. The summed E-state index contributed by atoms with van der Waals surface area (Å²) in [4.78, 5) is 11.2. The van der Waals surface area contributed by atoms with E-state index in [9.17, 15) is 4.79 Å². The highest BCUT2D eigenvalue weighted by molar-refractivity contribution is 14.1. The van der Waals surface area contributed by atoms with Gasteiger partial charge in [-0.25, -0.2) is 4.79 Å². The molecule has 0 N–H and O–H groups in total. The van der Waals surface area contributed by atoms with Crippen LogP contribution in [0.15, 0.2) is 18.2 Å². The third kappa shape index (κ3) is 3.35. The summed E-state index contributed by atoms with van der Waals surface area (Å²) in [5.41, 5.74) is 0.506. The maximum absolute atomic E-state index is 11.2. The molecule has 1 aromatic rings. The van der Waals surface area contributed by atoms with E-state index in [0.29, 0.717) is 11.3 Å². The lowest BCUT2D eigenvalue weighted by Crippen LogP contribution is -2.04. The molecule has 0 heterocycles. The van der Waals surface area contributed by atoms with Crippen molar-refractivity contribution in [2.75, 3.05) is 21.0 Å². The third-order valence-electron chi connectivity index (χ3n) is 1.69. The summed E-state index contributed by atoms with van der Waals surface area (Å²) in [7, 11) is 2.90. The van der Waals surface area contributed by atoms with Gasteiger partial charge in [0.25, 0.3) is 0 Å². The average Bonchev–Trinajstić information content (AvgIpc) is 2.26. The Labute approximate surface area is 102 Å². The van der Waals surface area contributed by atoms with Crippen molar-refractivity contribution in [3.8, 4) is 5.75 Å². The highest BCUT2D eigenvalue weighted by atomic mass is 127. The number of methoxy groups -OCH3 is 2. The van der Waals surface area contributed by atoms with Gasteiger partial charge in [-0.1, -0.05) is 0 Å². The number of halogens is 1. The van der Waals surface area contributed by atoms with Gasteiger partial charge in [0.2, 0.25) is 0 Å². The van der Waals surface area contributed by atoms with Gasteiger partial charge >= 0.3 is 5.97 Å². The van der Waals surface area contributed by atoms with E-state index in [0.717, 1.165) is 3.57 Å². The summed E-state index contributed by atoms with van der Waals surface area (Å²) in [5.74, 6) is 0.330. The second kappa shape index (κ2) is 5.92. The van der Waals surface area contributed by atoms with Gasteiger partial charge in [0, 0.05) is 7.11 Å². The van der Waals surface area contributed by atoms with E-state index in [1.54, 1.807) is 25.3 Å². The molecule has 82 valence electrons. The first-order chi connectivity index (χ1) is 7.19. The Balaban J connectivity index is 2.83. The molecule has 1 rings (SSSR count). The normalized spacial score (nSPS) is 9.80. The third-order valence-corrected chi connectivity index (χ3v) is 2.53. The molecule has 0 bridgehead atoms. The lowest BCUT2D eigenvalue weighted by atomic mass is 10.2. The van der Waals surface area contributed by atoms with Gasteiger partial charge in [0.15, 0.2) is 6.79 Å². The predicted molar refractivity (Wildman–Crippen MR) is 63.0 cm³/mol. The molecule has 0 amide bonds. The van der Waals surface area contributed by atoms with Crippen LogP contribution in [0.1, 0.15) is 10.4 Å². The molecule has 0 aliphatic heterocycles. The van der Waals surface area contributed by atoms with Crippen LogP contribution < -0.4 is 4.74 Å². The topological polar surface area (TPSA) is 44.8 Å². The summed E-state index contributed by atoms with van der Waals surface area (Å²) in [5, 5.41) is 0. The standard InChI is InChI=1S/C10H11IO4/c1-13-6-15-9-4-3-7(5-8(9)11)10(12)14-2/h3-5H,6H2,1-2H3. The van der Waals surface area contributed by atoms with Crippen molar-refractivity contribution in [1.29, 1.82) is 0 Å². The molecule has 0 aliphatic carbocycles. The molecule has 15 heavy (non-hydrogen) atoms. The van der Waals surface area contributed by atoms with Gasteiger partial charge < -0.3 is 14.2 Å². The number of hydrogen-bond donors (Lipinski definition) is 0. The number of hydrogen-bond acceptors (Lipinski definition) is 4. The minimum atomic E-state index is -0.355. The quantitative estimate of drug-likeness (QED) is 0.484. The van der Waals surface area contributed by atoms with Gasteiger partial charge in [0.1, 0.15) is 5.75 Å². The summed E-state index contributed by atoms with van der Waals surface area (Å²) < 4.78 is 15.5. The van der Waals surface area contributed by atoms with Gasteiger partial charge in [-0.3, -0.25) is 0 Å². The van der Waals surface area contributed by atoms with Crippen LogP contribution in [-0.4, -0.2) is 27.0 Å². The molecule has 0 spiro atoms. The molecule has 0 atom stereocenters. The van der Waals surface area contributed by atoms with E-state index < -0.39 is 0 Å². The van der Waals surface area contributed by atoms with Crippen LogP contribution in [0, 0.1) is 3.57 Å². The predicted octanol–water partition coefficient (Wildman–Crippen LogP) is 2.06. The number of ether oxygens (including phenoxy) is 3. The van der Waals surface area contributed by atoms with Crippen LogP contribution in [-0.2, 0) is 9.47 Å². The first-order valence-electron chi connectivity index (χ1n) is 4.18. The molecule has 0 unspecified atom stereocenters. The maximum atomic E-state index is 11.2. The largest absolute Gasteiger partial charge is 0.466 e. The molecule has 0 saturated heterocycles. The van der Waals surface area contributed by atoms with E-state index in [1.807, 2.05) is 0 Å². The zero-order valence-electron chi connectivity index (χ0n) is 8.45. The number of rotatable bonds is 4. The molecule has 0 aliphatic rings. The Morgan fingerprint density at radius 3 is 2.67 bits per heavy atom. The van der Waals surface area contributed by atoms with Gasteiger partial charge in [0.05, 0.1) is 16.2 Å². The van der Waals surface area contributed by atoms with E-state index in [-0.39, 0.29) is 12.8 Å². The smallest absolute Gasteiger partial charge is 0.337 e. The maximum Gasteiger partial charge on any atom is 0.337 e. The summed E-state index contributed by atoms with van der Waals surface area (Å²) >= 11 is 2.09. The summed E-state index contributed by atoms with van der Waals surface area (Å²) in [6.45, 7) is 0.188. The van der Waals surface area contributed by atoms with Gasteiger partial charge in [-0.2, -0.15) is 0 Å². The van der Waals surface area contributed by atoms with Crippen LogP contribution in [0.3, 0.4) is 0 Å². The Bertz CT molecular complexity index is 351. The molecular weight excluding hydrogens is 311 g/mol. The average molecular weight is 322 g/mol. The lowest BCUT2D eigenvalue weighted by Gasteiger charge is -2.07. The first-order valence-corrected chi connectivity index (χ1v) is 5.26. The highest BCUT2D eigenvalue weighted by Gasteiger charge is 2.08. The zero-order valence-corrected chi connectivity index (χ0v) is 10.6. The van der Waals surface area contributed by atoms with Crippen LogP contribution in [0.25, 0.3) is 0 Å². The monoisotopic (exact) mass is 322 g/mol. The van der Waals surface area contributed by atoms with Gasteiger partial charge in [-0.05, 0) is 40.8 Å². The van der Waals surface area contributed by atoms with Crippen LogP contribution in [0.4, 0.5) is 0 Å². The molecule has 4 nitrogen and oxygen atoms in total. The fourth-order valence-electron chi connectivity index (χ4n) is 0.985.